The lowest BCUT2D eigenvalue weighted by Gasteiger charge is -2.39. The molecule has 0 aliphatic carbocycles. The van der Waals surface area contributed by atoms with Gasteiger partial charge < -0.3 is 29.3 Å². The molecule has 2 bridgehead atoms. The van der Waals surface area contributed by atoms with Crippen LogP contribution in [-0.4, -0.2) is 88.6 Å². The Bertz CT molecular complexity index is 1900. The number of carbonyl (C=O) groups excluding carboxylic acids is 4. The van der Waals surface area contributed by atoms with Gasteiger partial charge in [-0.2, -0.15) is 0 Å². The number of carbonyl (C=O) groups is 4. The standard InChI is InChI=1S/C45H53N3O7/c1-7-9-20-37(50)46(6)31(5)40(33-18-14-11-15-19-33)54-44(53)38-36-23-24-45(55-36)39(38)42(51)48(34(28-49)27-32-16-12-10-13-17-32)41(45)43(52)47(25-8-2)35-26-29(3)21-22-30(35)4/h7-8,10-19,21-22,26,31,34,36,38-41,49H,1-2,9,20,23-25,27-28H2,3-6H3/t31-,34-,36-,38+,39+,40+,41-,45+/m1/s1. The zero-order valence-corrected chi connectivity index (χ0v) is 32.3. The van der Waals surface area contributed by atoms with E-state index in [0.29, 0.717) is 36.9 Å². The van der Waals surface area contributed by atoms with Gasteiger partial charge >= 0.3 is 5.97 Å². The Hall–Kier alpha value is -5.06. The largest absolute Gasteiger partial charge is 0.455 e. The Balaban J connectivity index is 1.40. The highest BCUT2D eigenvalue weighted by Gasteiger charge is 2.76. The summed E-state index contributed by atoms with van der Waals surface area (Å²) in [6.07, 6.45) is 3.73. The molecule has 10 heteroatoms. The number of anilines is 1. The topological polar surface area (TPSA) is 117 Å². The molecule has 1 spiro atoms. The van der Waals surface area contributed by atoms with E-state index in [2.05, 4.69) is 13.2 Å². The minimum atomic E-state index is -1.34. The highest BCUT2D eigenvalue weighted by atomic mass is 16.6. The first-order valence-electron chi connectivity index (χ1n) is 19.2. The van der Waals surface area contributed by atoms with Gasteiger partial charge in [0.25, 0.3) is 5.91 Å². The highest BCUT2D eigenvalue weighted by molar-refractivity contribution is 6.05. The van der Waals surface area contributed by atoms with Crippen molar-refractivity contribution >= 4 is 29.4 Å². The van der Waals surface area contributed by atoms with Crippen LogP contribution in [-0.2, 0) is 35.1 Å². The molecule has 3 heterocycles. The maximum Gasteiger partial charge on any atom is 0.313 e. The zero-order valence-electron chi connectivity index (χ0n) is 32.3. The van der Waals surface area contributed by atoms with Crippen molar-refractivity contribution in [3.8, 4) is 0 Å². The molecule has 3 aliphatic heterocycles. The maximum atomic E-state index is 15.3. The molecule has 3 aromatic carbocycles. The van der Waals surface area contributed by atoms with Crippen LogP contribution in [0.3, 0.4) is 0 Å². The number of esters is 1. The van der Waals surface area contributed by atoms with Gasteiger partial charge in [0.1, 0.15) is 17.7 Å². The van der Waals surface area contributed by atoms with Gasteiger partial charge in [0.15, 0.2) is 0 Å². The van der Waals surface area contributed by atoms with E-state index in [-0.39, 0.29) is 24.8 Å². The maximum absolute atomic E-state index is 15.3. The highest BCUT2D eigenvalue weighted by Crippen LogP contribution is 2.59. The second-order valence-electron chi connectivity index (χ2n) is 15.2. The molecule has 55 heavy (non-hydrogen) atoms. The smallest absolute Gasteiger partial charge is 0.313 e. The summed E-state index contributed by atoms with van der Waals surface area (Å²) in [5, 5.41) is 11.0. The van der Waals surface area contributed by atoms with Crippen LogP contribution in [0.4, 0.5) is 5.69 Å². The van der Waals surface area contributed by atoms with Gasteiger partial charge in [0, 0.05) is 25.7 Å². The third kappa shape index (κ3) is 7.50. The molecule has 8 atom stereocenters. The summed E-state index contributed by atoms with van der Waals surface area (Å²) in [7, 11) is 1.69. The molecule has 3 aromatic rings. The van der Waals surface area contributed by atoms with Crippen molar-refractivity contribution in [2.75, 3.05) is 25.1 Å². The molecule has 0 aromatic heterocycles. The summed E-state index contributed by atoms with van der Waals surface area (Å²) < 4.78 is 13.2. The Morgan fingerprint density at radius 1 is 1.04 bits per heavy atom. The minimum Gasteiger partial charge on any atom is -0.455 e. The number of aliphatic hydroxyl groups excluding tert-OH is 1. The second kappa shape index (κ2) is 16.8. The Kier molecular flexibility index (Phi) is 12.1. The van der Waals surface area contributed by atoms with E-state index in [9.17, 15) is 14.7 Å². The first-order chi connectivity index (χ1) is 26.5. The second-order valence-corrected chi connectivity index (χ2v) is 15.2. The molecule has 1 N–H and O–H groups in total. The monoisotopic (exact) mass is 747 g/mol. The lowest BCUT2D eigenvalue weighted by Crippen LogP contribution is -2.59. The molecule has 3 amide bonds. The van der Waals surface area contributed by atoms with Crippen molar-refractivity contribution in [2.45, 2.75) is 88.8 Å². The minimum absolute atomic E-state index is 0.115. The number of nitrogens with zero attached hydrogens (tertiary/aromatic N) is 3. The normalized spacial score (nSPS) is 24.1. The van der Waals surface area contributed by atoms with Crippen LogP contribution in [0.15, 0.2) is 104 Å². The van der Waals surface area contributed by atoms with Crippen molar-refractivity contribution in [1.82, 2.24) is 9.80 Å². The summed E-state index contributed by atoms with van der Waals surface area (Å²) in [6.45, 7) is 13.2. The molecule has 290 valence electrons. The summed E-state index contributed by atoms with van der Waals surface area (Å²) in [4.78, 5) is 62.9. The van der Waals surface area contributed by atoms with Gasteiger partial charge in [-0.15, -0.1) is 13.2 Å². The van der Waals surface area contributed by atoms with Crippen molar-refractivity contribution in [3.63, 3.8) is 0 Å². The van der Waals surface area contributed by atoms with Crippen LogP contribution in [0.2, 0.25) is 0 Å². The van der Waals surface area contributed by atoms with E-state index < -0.39 is 66.3 Å². The van der Waals surface area contributed by atoms with Crippen LogP contribution in [0.25, 0.3) is 0 Å². The number of likely N-dealkylation sites (tertiary alicyclic amines) is 1. The van der Waals surface area contributed by atoms with E-state index in [0.717, 1.165) is 16.7 Å². The molecule has 0 radical (unpaired) electrons. The van der Waals surface area contributed by atoms with Gasteiger partial charge in [-0.25, -0.2) is 0 Å². The predicted octanol–water partition coefficient (Wildman–Crippen LogP) is 5.90. The van der Waals surface area contributed by atoms with E-state index in [1.54, 1.807) is 29.0 Å². The number of hydrogen-bond acceptors (Lipinski definition) is 7. The predicted molar refractivity (Wildman–Crippen MR) is 211 cm³/mol. The van der Waals surface area contributed by atoms with Gasteiger partial charge in [0.2, 0.25) is 11.8 Å². The molecular weight excluding hydrogens is 695 g/mol. The number of aryl methyl sites for hydroxylation is 2. The van der Waals surface area contributed by atoms with Crippen LogP contribution < -0.4 is 4.90 Å². The summed E-state index contributed by atoms with van der Waals surface area (Å²) in [5.74, 6) is -3.55. The van der Waals surface area contributed by atoms with Crippen molar-refractivity contribution < 1.29 is 33.8 Å². The summed E-state index contributed by atoms with van der Waals surface area (Å²) >= 11 is 0. The van der Waals surface area contributed by atoms with Crippen molar-refractivity contribution in [3.05, 3.63) is 126 Å². The number of hydrogen-bond donors (Lipinski definition) is 1. The SMILES string of the molecule is C=CCCC(=O)N(C)[C@H](C)[C@H](OC(=O)[C@@H]1[C@H]2C(=O)N([C@@H](CO)Cc3ccccc3)[C@H](C(=O)N(CC=C)c3cc(C)ccc3C)[C@]23CC[C@H]1O3)c1ccccc1. The molecule has 10 nitrogen and oxygen atoms in total. The molecule has 3 saturated heterocycles. The average molecular weight is 748 g/mol. The fourth-order valence-corrected chi connectivity index (χ4v) is 8.89. The fourth-order valence-electron chi connectivity index (χ4n) is 8.89. The van der Waals surface area contributed by atoms with Gasteiger partial charge in [0.05, 0.1) is 36.6 Å². The molecule has 6 rings (SSSR count). The number of benzene rings is 3. The van der Waals surface area contributed by atoms with Gasteiger partial charge in [-0.05, 0) is 74.8 Å². The van der Waals surface area contributed by atoms with Crippen molar-refractivity contribution in [1.29, 1.82) is 0 Å². The summed E-state index contributed by atoms with van der Waals surface area (Å²) in [5.41, 5.74) is 2.78. The average Bonchev–Trinajstić information content (AvgIpc) is 3.85. The van der Waals surface area contributed by atoms with Crippen LogP contribution in [0, 0.1) is 25.7 Å². The quantitative estimate of drug-likeness (QED) is 0.143. The Labute approximate surface area is 324 Å². The number of amides is 3. The van der Waals surface area contributed by atoms with Crippen LogP contribution in [0.5, 0.6) is 0 Å². The fraction of sp³-hybridized carbons (Fsp3) is 0.422. The first kappa shape index (κ1) is 39.6. The Morgan fingerprint density at radius 3 is 2.38 bits per heavy atom. The number of allylic oxidation sites excluding steroid dienone is 1. The summed E-state index contributed by atoms with van der Waals surface area (Å²) in [6, 6.07) is 22.2. The lowest BCUT2D eigenvalue weighted by molar-refractivity contribution is -0.165. The molecule has 0 saturated carbocycles. The number of ether oxygens (including phenoxy) is 2. The third-order valence-electron chi connectivity index (χ3n) is 11.8. The zero-order chi connectivity index (χ0) is 39.4. The van der Waals surface area contributed by atoms with E-state index in [1.165, 1.54) is 4.90 Å². The van der Waals surface area contributed by atoms with E-state index in [1.807, 2.05) is 99.6 Å². The van der Waals surface area contributed by atoms with Crippen LogP contribution >= 0.6 is 0 Å². The third-order valence-corrected chi connectivity index (χ3v) is 11.8. The number of rotatable bonds is 16. The first-order valence-corrected chi connectivity index (χ1v) is 19.2. The van der Waals surface area contributed by atoms with Gasteiger partial charge in [-0.1, -0.05) is 84.9 Å². The van der Waals surface area contributed by atoms with Crippen molar-refractivity contribution in [2.24, 2.45) is 11.8 Å². The van der Waals surface area contributed by atoms with Crippen LogP contribution in [0.1, 0.15) is 61.0 Å². The van der Waals surface area contributed by atoms with Gasteiger partial charge in [-0.3, -0.25) is 19.2 Å². The number of likely N-dealkylation sites (N-methyl/N-ethyl adjacent to an activating group) is 1. The molecule has 3 aliphatic rings. The lowest BCUT2D eigenvalue weighted by atomic mass is 9.70. The number of aliphatic hydroxyl groups is 1. The number of fused-ring (bicyclic) bond motifs is 1. The molecular formula is C45H53N3O7. The molecule has 0 unspecified atom stereocenters. The van der Waals surface area contributed by atoms with E-state index >= 15 is 9.59 Å². The molecule has 3 fully saturated rings. The van der Waals surface area contributed by atoms with E-state index in [4.69, 9.17) is 9.47 Å². The Morgan fingerprint density at radius 2 is 1.73 bits per heavy atom.